The summed E-state index contributed by atoms with van der Waals surface area (Å²) in [5.74, 6) is 1.14. The summed E-state index contributed by atoms with van der Waals surface area (Å²) in [6, 6.07) is 12.6. The topological polar surface area (TPSA) is 69.3 Å². The first-order chi connectivity index (χ1) is 16.8. The molecule has 0 unspecified atom stereocenters. The van der Waals surface area contributed by atoms with E-state index in [0.29, 0.717) is 27.3 Å². The van der Waals surface area contributed by atoms with Gasteiger partial charge < -0.3 is 4.90 Å². The zero-order valence-electron chi connectivity index (χ0n) is 20.0. The second-order valence-electron chi connectivity index (χ2n) is 8.91. The number of rotatable bonds is 6. The highest BCUT2D eigenvalue weighted by molar-refractivity contribution is 8.26. The van der Waals surface area contributed by atoms with Gasteiger partial charge in [0.15, 0.2) is 0 Å². The van der Waals surface area contributed by atoms with Crippen molar-refractivity contribution in [3.8, 4) is 6.07 Å². The molecule has 3 heterocycles. The van der Waals surface area contributed by atoms with E-state index < -0.39 is 0 Å². The van der Waals surface area contributed by atoms with Gasteiger partial charge in [-0.15, -0.1) is 6.58 Å². The first-order valence-corrected chi connectivity index (χ1v) is 12.9. The third-order valence-corrected chi connectivity index (χ3v) is 8.09. The predicted molar refractivity (Wildman–Crippen MR) is 146 cm³/mol. The van der Waals surface area contributed by atoms with Crippen molar-refractivity contribution in [2.75, 3.05) is 24.5 Å². The summed E-state index contributed by atoms with van der Waals surface area (Å²) in [4.78, 5) is 30.2. The minimum Gasteiger partial charge on any atom is -0.357 e. The van der Waals surface area contributed by atoms with Crippen LogP contribution in [0, 0.1) is 24.2 Å². The molecule has 8 heteroatoms. The number of amides is 1. The Morgan fingerprint density at radius 1 is 1.23 bits per heavy atom. The van der Waals surface area contributed by atoms with Crippen molar-refractivity contribution in [1.29, 1.82) is 5.26 Å². The molecule has 0 atom stereocenters. The quantitative estimate of drug-likeness (QED) is 0.330. The molecule has 2 aliphatic rings. The average molecular weight is 505 g/mol. The number of hydrogen-bond acceptors (Lipinski definition) is 6. The summed E-state index contributed by atoms with van der Waals surface area (Å²) >= 11 is 6.63. The van der Waals surface area contributed by atoms with E-state index in [1.807, 2.05) is 6.07 Å². The molecule has 0 aliphatic carbocycles. The predicted octanol–water partition coefficient (Wildman–Crippen LogP) is 4.41. The fraction of sp³-hybridized carbons (Fsp3) is 0.333. The Bertz CT molecular complexity index is 1300. The largest absolute Gasteiger partial charge is 0.357 e. The number of nitriles is 1. The number of benzene rings is 1. The normalized spacial score (nSPS) is 17.8. The number of piperidine rings is 1. The van der Waals surface area contributed by atoms with Crippen LogP contribution in [0.15, 0.2) is 52.7 Å². The summed E-state index contributed by atoms with van der Waals surface area (Å²) in [6.07, 6.45) is 6.48. The highest BCUT2D eigenvalue weighted by atomic mass is 32.2. The van der Waals surface area contributed by atoms with Gasteiger partial charge in [0.2, 0.25) is 0 Å². The standard InChI is InChI=1S/C27H28N4O2S2/c1-4-12-31-26(33)23(35-27(31)34)16-21-18(2)22(17-28)25(32)29(3)24(21)30-13-10-20(11-14-30)15-19-8-6-5-7-9-19/h4-9,16,20H,1,10-15H2,2-3H3/b23-16-. The maximum Gasteiger partial charge on any atom is 0.270 e. The van der Waals surface area contributed by atoms with Crippen molar-refractivity contribution in [3.05, 3.63) is 80.5 Å². The number of pyridine rings is 1. The summed E-state index contributed by atoms with van der Waals surface area (Å²) in [6.45, 7) is 7.43. The van der Waals surface area contributed by atoms with Gasteiger partial charge in [-0.05, 0) is 49.3 Å². The van der Waals surface area contributed by atoms with Crippen LogP contribution in [0.1, 0.15) is 35.1 Å². The molecule has 180 valence electrons. The van der Waals surface area contributed by atoms with Crippen molar-refractivity contribution >= 4 is 46.1 Å². The number of hydrogen-bond donors (Lipinski definition) is 0. The Balaban J connectivity index is 1.68. The van der Waals surface area contributed by atoms with Crippen molar-refractivity contribution in [3.63, 3.8) is 0 Å². The Morgan fingerprint density at radius 3 is 2.54 bits per heavy atom. The van der Waals surface area contributed by atoms with E-state index in [9.17, 15) is 14.9 Å². The van der Waals surface area contributed by atoms with Crippen molar-refractivity contribution in [2.45, 2.75) is 26.2 Å². The minimum absolute atomic E-state index is 0.100. The van der Waals surface area contributed by atoms with E-state index in [1.54, 1.807) is 30.7 Å². The van der Waals surface area contributed by atoms with Gasteiger partial charge in [-0.25, -0.2) is 0 Å². The zero-order valence-corrected chi connectivity index (χ0v) is 21.6. The van der Waals surface area contributed by atoms with E-state index in [-0.39, 0.29) is 17.0 Å². The second kappa shape index (κ2) is 10.6. The third-order valence-electron chi connectivity index (χ3n) is 6.71. The maximum absolute atomic E-state index is 13.0. The smallest absolute Gasteiger partial charge is 0.270 e. The van der Waals surface area contributed by atoms with Gasteiger partial charge in [0.1, 0.15) is 21.8 Å². The highest BCUT2D eigenvalue weighted by Gasteiger charge is 2.33. The molecule has 0 N–H and O–H groups in total. The van der Waals surface area contributed by atoms with E-state index in [1.165, 1.54) is 22.2 Å². The van der Waals surface area contributed by atoms with Crippen LogP contribution in [-0.4, -0.2) is 39.3 Å². The third kappa shape index (κ3) is 4.97. The van der Waals surface area contributed by atoms with Gasteiger partial charge in [-0.3, -0.25) is 19.1 Å². The number of carbonyl (C=O) groups is 1. The molecular formula is C27H28N4O2S2. The van der Waals surface area contributed by atoms with Crippen LogP contribution in [0.4, 0.5) is 5.82 Å². The molecular weight excluding hydrogens is 476 g/mol. The van der Waals surface area contributed by atoms with Crippen molar-refractivity contribution in [2.24, 2.45) is 13.0 Å². The Labute approximate surface area is 215 Å². The molecule has 35 heavy (non-hydrogen) atoms. The molecule has 1 aromatic heterocycles. The molecule has 0 bridgehead atoms. The molecule has 1 amide bonds. The fourth-order valence-corrected chi connectivity index (χ4v) is 6.07. The van der Waals surface area contributed by atoms with Crippen LogP contribution in [0.5, 0.6) is 0 Å². The number of carbonyl (C=O) groups excluding carboxylic acids is 1. The van der Waals surface area contributed by atoms with Crippen molar-refractivity contribution in [1.82, 2.24) is 9.47 Å². The van der Waals surface area contributed by atoms with E-state index in [0.717, 1.165) is 43.7 Å². The van der Waals surface area contributed by atoms with Gasteiger partial charge in [0.05, 0.1) is 4.91 Å². The van der Waals surface area contributed by atoms with Gasteiger partial charge >= 0.3 is 0 Å². The minimum atomic E-state index is -0.317. The molecule has 0 radical (unpaired) electrons. The van der Waals surface area contributed by atoms with Crippen LogP contribution >= 0.6 is 24.0 Å². The molecule has 0 saturated carbocycles. The number of aromatic nitrogens is 1. The Hall–Kier alpha value is -3.15. The first-order valence-electron chi connectivity index (χ1n) is 11.6. The van der Waals surface area contributed by atoms with E-state index in [2.05, 4.69) is 41.8 Å². The molecule has 1 aromatic carbocycles. The average Bonchev–Trinajstić information content (AvgIpc) is 3.12. The molecule has 6 nitrogen and oxygen atoms in total. The molecule has 2 aromatic rings. The van der Waals surface area contributed by atoms with Crippen LogP contribution in [0.2, 0.25) is 0 Å². The lowest BCUT2D eigenvalue weighted by Crippen LogP contribution is -2.39. The molecule has 2 aliphatic heterocycles. The molecule has 4 rings (SSSR count). The number of nitrogens with zero attached hydrogens (tertiary/aromatic N) is 4. The van der Waals surface area contributed by atoms with Crippen LogP contribution < -0.4 is 10.5 Å². The van der Waals surface area contributed by atoms with Gasteiger partial charge in [-0.2, -0.15) is 5.26 Å². The summed E-state index contributed by atoms with van der Waals surface area (Å²) < 4.78 is 2.03. The van der Waals surface area contributed by atoms with Crippen LogP contribution in [-0.2, 0) is 18.3 Å². The fourth-order valence-electron chi connectivity index (χ4n) is 4.81. The van der Waals surface area contributed by atoms with Crippen LogP contribution in [0.25, 0.3) is 6.08 Å². The summed E-state index contributed by atoms with van der Waals surface area (Å²) in [5, 5.41) is 9.68. The lowest BCUT2D eigenvalue weighted by molar-refractivity contribution is -0.121. The molecule has 2 fully saturated rings. The zero-order chi connectivity index (χ0) is 25.1. The second-order valence-corrected chi connectivity index (χ2v) is 10.6. The lowest BCUT2D eigenvalue weighted by atomic mass is 9.90. The lowest BCUT2D eigenvalue weighted by Gasteiger charge is -2.36. The SMILES string of the molecule is C=CCN1C(=O)/C(=C/c2c(C)c(C#N)c(=O)n(C)c2N2CCC(Cc3ccccc3)CC2)SC1=S. The van der Waals surface area contributed by atoms with Gasteiger partial charge in [-0.1, -0.05) is 60.4 Å². The van der Waals surface area contributed by atoms with E-state index >= 15 is 0 Å². The van der Waals surface area contributed by atoms with Crippen LogP contribution in [0.3, 0.4) is 0 Å². The number of thioether (sulfide) groups is 1. The monoisotopic (exact) mass is 504 g/mol. The van der Waals surface area contributed by atoms with Crippen molar-refractivity contribution < 1.29 is 4.79 Å². The number of thiocarbonyl (C=S) groups is 1. The Morgan fingerprint density at radius 2 is 1.91 bits per heavy atom. The van der Waals surface area contributed by atoms with Gasteiger partial charge in [0, 0.05) is 32.2 Å². The van der Waals surface area contributed by atoms with E-state index in [4.69, 9.17) is 12.2 Å². The molecule has 0 spiro atoms. The number of anilines is 1. The maximum atomic E-state index is 13.0. The first kappa shape index (κ1) is 25.0. The molecule has 2 saturated heterocycles. The van der Waals surface area contributed by atoms with Gasteiger partial charge in [0.25, 0.3) is 11.5 Å². The summed E-state index contributed by atoms with van der Waals surface area (Å²) in [7, 11) is 1.70. The highest BCUT2D eigenvalue weighted by Crippen LogP contribution is 2.36. The Kier molecular flexibility index (Phi) is 7.58. The summed E-state index contributed by atoms with van der Waals surface area (Å²) in [5.41, 5.74) is 2.44.